The van der Waals surface area contributed by atoms with Gasteiger partial charge in [0, 0.05) is 18.9 Å². The van der Waals surface area contributed by atoms with Crippen LogP contribution in [0, 0.1) is 0 Å². The number of hydrogen-bond donors (Lipinski definition) is 2. The van der Waals surface area contributed by atoms with Crippen LogP contribution in [0.15, 0.2) is 24.3 Å². The van der Waals surface area contributed by atoms with Crippen molar-refractivity contribution < 1.29 is 19.8 Å². The smallest absolute Gasteiger partial charge is 0.328 e. The average Bonchev–Trinajstić information content (AvgIpc) is 2.47. The van der Waals surface area contributed by atoms with Crippen LogP contribution in [0.25, 0.3) is 0 Å². The van der Waals surface area contributed by atoms with Gasteiger partial charge in [0.1, 0.15) is 5.78 Å². The first kappa shape index (κ1) is 20.6. The Balaban J connectivity index is 3.51. The van der Waals surface area contributed by atoms with Gasteiger partial charge in [-0.2, -0.15) is 0 Å². The maximum Gasteiger partial charge on any atom is 0.328 e. The van der Waals surface area contributed by atoms with Crippen LogP contribution in [-0.2, 0) is 9.59 Å². The first-order chi connectivity index (χ1) is 10.6. The molecule has 0 spiro atoms. The van der Waals surface area contributed by atoms with Crippen molar-refractivity contribution in [3.05, 3.63) is 24.3 Å². The van der Waals surface area contributed by atoms with E-state index in [4.69, 9.17) is 5.11 Å². The molecule has 0 bridgehead atoms. The van der Waals surface area contributed by atoms with E-state index < -0.39 is 5.97 Å². The van der Waals surface area contributed by atoms with Gasteiger partial charge in [-0.3, -0.25) is 4.79 Å². The Hall–Kier alpha value is -1.42. The molecule has 0 saturated carbocycles. The number of rotatable bonds is 14. The van der Waals surface area contributed by atoms with Crippen molar-refractivity contribution in [1.82, 2.24) is 0 Å². The molecule has 1 atom stereocenters. The van der Waals surface area contributed by atoms with Crippen LogP contribution in [0.1, 0.15) is 71.1 Å². The molecule has 0 aliphatic carbocycles. The summed E-state index contributed by atoms with van der Waals surface area (Å²) in [6.07, 6.45) is 14.2. The first-order valence-electron chi connectivity index (χ1n) is 8.32. The number of carbonyl (C=O) groups excluding carboxylic acids is 1. The van der Waals surface area contributed by atoms with Crippen LogP contribution in [0.5, 0.6) is 0 Å². The van der Waals surface area contributed by atoms with Crippen molar-refractivity contribution in [2.45, 2.75) is 77.2 Å². The summed E-state index contributed by atoms with van der Waals surface area (Å²) in [6, 6.07) is 0. The third-order valence-electron chi connectivity index (χ3n) is 3.46. The molecule has 0 heterocycles. The van der Waals surface area contributed by atoms with Gasteiger partial charge in [-0.05, 0) is 32.1 Å². The monoisotopic (exact) mass is 310 g/mol. The van der Waals surface area contributed by atoms with Crippen LogP contribution >= 0.6 is 0 Å². The number of hydrogen-bond acceptors (Lipinski definition) is 3. The molecule has 0 rings (SSSR count). The van der Waals surface area contributed by atoms with Crippen molar-refractivity contribution in [1.29, 1.82) is 0 Å². The van der Waals surface area contributed by atoms with Crippen LogP contribution in [0.3, 0.4) is 0 Å². The second-order valence-electron chi connectivity index (χ2n) is 5.60. The number of carboxylic acid groups (broad SMARTS) is 1. The summed E-state index contributed by atoms with van der Waals surface area (Å²) in [5.41, 5.74) is 0. The molecule has 22 heavy (non-hydrogen) atoms. The quantitative estimate of drug-likeness (QED) is 0.288. The molecule has 2 N–H and O–H groups in total. The Bertz CT molecular complexity index is 358. The van der Waals surface area contributed by atoms with E-state index in [0.717, 1.165) is 51.0 Å². The largest absolute Gasteiger partial charge is 0.478 e. The minimum absolute atomic E-state index is 0.226. The van der Waals surface area contributed by atoms with Crippen molar-refractivity contribution >= 4 is 11.8 Å². The summed E-state index contributed by atoms with van der Waals surface area (Å²) in [5, 5.41) is 18.1. The van der Waals surface area contributed by atoms with Gasteiger partial charge < -0.3 is 10.2 Å². The van der Waals surface area contributed by atoms with Crippen molar-refractivity contribution in [2.75, 3.05) is 0 Å². The number of carboxylic acids is 1. The molecule has 1 unspecified atom stereocenters. The molecule has 0 radical (unpaired) electrons. The Kier molecular flexibility index (Phi) is 13.6. The predicted octanol–water partition coefficient (Wildman–Crippen LogP) is 4.03. The molecule has 0 aromatic carbocycles. The van der Waals surface area contributed by atoms with E-state index in [1.807, 2.05) is 6.08 Å². The summed E-state index contributed by atoms with van der Waals surface area (Å²) in [6.45, 7) is 2.13. The minimum Gasteiger partial charge on any atom is -0.478 e. The molecule has 126 valence electrons. The number of carbonyl (C=O) groups is 2. The zero-order valence-corrected chi connectivity index (χ0v) is 13.7. The van der Waals surface area contributed by atoms with E-state index in [1.54, 1.807) is 6.08 Å². The molecule has 4 heteroatoms. The van der Waals surface area contributed by atoms with Crippen LogP contribution in [0.2, 0.25) is 0 Å². The highest BCUT2D eigenvalue weighted by Gasteiger charge is 2.07. The number of allylic oxidation sites excluding steroid dienone is 3. The third-order valence-corrected chi connectivity index (χ3v) is 3.46. The Morgan fingerprint density at radius 2 is 1.77 bits per heavy atom. The zero-order valence-electron chi connectivity index (χ0n) is 13.7. The summed E-state index contributed by atoms with van der Waals surface area (Å²) >= 11 is 0. The number of aliphatic carboxylic acids is 1. The van der Waals surface area contributed by atoms with Crippen LogP contribution in [-0.4, -0.2) is 28.1 Å². The molecule has 0 aromatic heterocycles. The highest BCUT2D eigenvalue weighted by atomic mass is 16.4. The number of aliphatic hydroxyl groups is 1. The summed E-state index contributed by atoms with van der Waals surface area (Å²) < 4.78 is 0. The Morgan fingerprint density at radius 3 is 2.45 bits per heavy atom. The van der Waals surface area contributed by atoms with Gasteiger partial charge in [0.25, 0.3) is 0 Å². The zero-order chi connectivity index (χ0) is 16.6. The summed E-state index contributed by atoms with van der Waals surface area (Å²) in [4.78, 5) is 21.9. The van der Waals surface area contributed by atoms with E-state index in [1.165, 1.54) is 6.08 Å². The number of unbranched alkanes of at least 4 members (excludes halogenated alkanes) is 4. The molecule has 0 aromatic rings. The fourth-order valence-electron chi connectivity index (χ4n) is 2.12. The van der Waals surface area contributed by atoms with Crippen molar-refractivity contribution in [3.8, 4) is 0 Å². The predicted molar refractivity (Wildman–Crippen MR) is 88.8 cm³/mol. The van der Waals surface area contributed by atoms with Gasteiger partial charge in [0.15, 0.2) is 0 Å². The van der Waals surface area contributed by atoms with Gasteiger partial charge in [-0.25, -0.2) is 4.79 Å². The minimum atomic E-state index is -0.952. The second-order valence-corrected chi connectivity index (χ2v) is 5.60. The third kappa shape index (κ3) is 15.0. The van der Waals surface area contributed by atoms with Gasteiger partial charge >= 0.3 is 5.97 Å². The lowest BCUT2D eigenvalue weighted by atomic mass is 10.0. The van der Waals surface area contributed by atoms with Gasteiger partial charge in [0.05, 0.1) is 6.10 Å². The van der Waals surface area contributed by atoms with E-state index in [-0.39, 0.29) is 11.9 Å². The normalized spacial score (nSPS) is 13.0. The molecule has 0 aliphatic heterocycles. The maximum atomic E-state index is 11.7. The lowest BCUT2D eigenvalue weighted by Gasteiger charge is -2.09. The Morgan fingerprint density at radius 1 is 1.00 bits per heavy atom. The van der Waals surface area contributed by atoms with Gasteiger partial charge in [-0.15, -0.1) is 0 Å². The molecule has 0 fully saturated rings. The van der Waals surface area contributed by atoms with E-state index in [2.05, 4.69) is 6.92 Å². The molecule has 0 aliphatic rings. The SMILES string of the molecule is CCCCCC(O)CCC(=O)CCCCC=CC=CC(=O)O. The number of ketones is 1. The van der Waals surface area contributed by atoms with Crippen molar-refractivity contribution in [3.63, 3.8) is 0 Å². The van der Waals surface area contributed by atoms with Gasteiger partial charge in [-0.1, -0.05) is 44.4 Å². The van der Waals surface area contributed by atoms with Gasteiger partial charge in [0.2, 0.25) is 0 Å². The highest BCUT2D eigenvalue weighted by molar-refractivity contribution is 5.80. The summed E-state index contributed by atoms with van der Waals surface area (Å²) in [7, 11) is 0. The molecule has 0 saturated heterocycles. The molecule has 4 nitrogen and oxygen atoms in total. The average molecular weight is 310 g/mol. The van der Waals surface area contributed by atoms with Crippen LogP contribution < -0.4 is 0 Å². The lowest BCUT2D eigenvalue weighted by Crippen LogP contribution is -2.09. The second kappa shape index (κ2) is 14.5. The fraction of sp³-hybridized carbons (Fsp3) is 0.667. The molecular weight excluding hydrogens is 280 g/mol. The Labute approximate surface area is 133 Å². The topological polar surface area (TPSA) is 74.6 Å². The van der Waals surface area contributed by atoms with Crippen molar-refractivity contribution in [2.24, 2.45) is 0 Å². The van der Waals surface area contributed by atoms with E-state index in [9.17, 15) is 14.7 Å². The number of aliphatic hydroxyl groups excluding tert-OH is 1. The summed E-state index contributed by atoms with van der Waals surface area (Å²) in [5.74, 6) is -0.726. The van der Waals surface area contributed by atoms with Crippen LogP contribution in [0.4, 0.5) is 0 Å². The van der Waals surface area contributed by atoms with E-state index >= 15 is 0 Å². The standard InChI is InChI=1S/C18H30O4/c1-2-3-8-11-16(19)14-15-17(20)12-9-6-4-5-7-10-13-18(21)22/h5,7,10,13,16,19H,2-4,6,8-9,11-12,14-15H2,1H3,(H,21,22). The highest BCUT2D eigenvalue weighted by Crippen LogP contribution is 2.11. The lowest BCUT2D eigenvalue weighted by molar-refractivity contribution is -0.131. The van der Waals surface area contributed by atoms with E-state index in [0.29, 0.717) is 19.3 Å². The maximum absolute atomic E-state index is 11.7. The fourth-order valence-corrected chi connectivity index (χ4v) is 2.12. The first-order valence-corrected chi connectivity index (χ1v) is 8.32. The molecular formula is C18H30O4. The number of Topliss-reactive ketones (excluding diaryl/α,β-unsaturated/α-hetero) is 1. The molecule has 0 amide bonds.